The summed E-state index contributed by atoms with van der Waals surface area (Å²) in [7, 11) is 0. The van der Waals surface area contributed by atoms with Crippen molar-refractivity contribution in [3.05, 3.63) is 22.4 Å². The molecule has 0 saturated carbocycles. The highest BCUT2D eigenvalue weighted by Crippen LogP contribution is 2.16. The molecule has 1 saturated heterocycles. The minimum Gasteiger partial charge on any atom is -0.345 e. The lowest BCUT2D eigenvalue weighted by Crippen LogP contribution is -2.60. The van der Waals surface area contributed by atoms with Crippen LogP contribution in [0.2, 0.25) is 0 Å². The second-order valence-corrected chi connectivity index (χ2v) is 5.66. The number of thiophene rings is 1. The SMILES string of the molecule is CC(C)C1C(=O)NCC(=O)N1CCc1ccsc1. The van der Waals surface area contributed by atoms with Crippen LogP contribution in [0.1, 0.15) is 19.4 Å². The predicted octanol–water partition coefficient (Wildman–Crippen LogP) is 1.27. The number of piperazine rings is 1. The summed E-state index contributed by atoms with van der Waals surface area (Å²) in [5.41, 5.74) is 1.22. The minimum atomic E-state index is -0.329. The fourth-order valence-electron chi connectivity index (χ4n) is 2.28. The Kier molecular flexibility index (Phi) is 4.01. The fourth-order valence-corrected chi connectivity index (χ4v) is 2.98. The van der Waals surface area contributed by atoms with Gasteiger partial charge in [0.15, 0.2) is 0 Å². The zero-order valence-corrected chi connectivity index (χ0v) is 11.5. The lowest BCUT2D eigenvalue weighted by molar-refractivity contribution is -0.147. The first-order valence-electron chi connectivity index (χ1n) is 6.18. The van der Waals surface area contributed by atoms with E-state index in [1.807, 2.05) is 19.2 Å². The molecular formula is C13H18N2O2S. The van der Waals surface area contributed by atoms with Gasteiger partial charge in [-0.1, -0.05) is 13.8 Å². The first-order chi connectivity index (χ1) is 8.59. The molecule has 98 valence electrons. The Morgan fingerprint density at radius 3 is 2.89 bits per heavy atom. The molecule has 1 aromatic rings. The summed E-state index contributed by atoms with van der Waals surface area (Å²) < 4.78 is 0. The Hall–Kier alpha value is -1.36. The van der Waals surface area contributed by atoms with Crippen LogP contribution in [-0.4, -0.2) is 35.8 Å². The molecule has 1 aliphatic rings. The van der Waals surface area contributed by atoms with Gasteiger partial charge >= 0.3 is 0 Å². The van der Waals surface area contributed by atoms with E-state index in [9.17, 15) is 9.59 Å². The van der Waals surface area contributed by atoms with Crippen LogP contribution in [0.25, 0.3) is 0 Å². The predicted molar refractivity (Wildman–Crippen MR) is 71.4 cm³/mol. The van der Waals surface area contributed by atoms with Gasteiger partial charge in [0.05, 0.1) is 6.54 Å². The largest absolute Gasteiger partial charge is 0.345 e. The highest BCUT2D eigenvalue weighted by molar-refractivity contribution is 7.07. The van der Waals surface area contributed by atoms with Gasteiger partial charge in [-0.3, -0.25) is 9.59 Å². The molecule has 2 heterocycles. The van der Waals surface area contributed by atoms with Crippen LogP contribution in [0.3, 0.4) is 0 Å². The van der Waals surface area contributed by atoms with Crippen molar-refractivity contribution in [1.82, 2.24) is 10.2 Å². The second-order valence-electron chi connectivity index (χ2n) is 4.88. The van der Waals surface area contributed by atoms with Gasteiger partial charge in [0.1, 0.15) is 6.04 Å². The van der Waals surface area contributed by atoms with Crippen molar-refractivity contribution in [2.45, 2.75) is 26.3 Å². The summed E-state index contributed by atoms with van der Waals surface area (Å²) in [6, 6.07) is 1.73. The molecule has 1 unspecified atom stereocenters. The third kappa shape index (κ3) is 2.72. The molecular weight excluding hydrogens is 248 g/mol. The molecule has 0 bridgehead atoms. The molecule has 0 spiro atoms. The number of hydrogen-bond donors (Lipinski definition) is 1. The second kappa shape index (κ2) is 5.52. The van der Waals surface area contributed by atoms with E-state index in [0.29, 0.717) is 6.54 Å². The number of nitrogens with one attached hydrogen (secondary N) is 1. The Balaban J connectivity index is 2.06. The van der Waals surface area contributed by atoms with Gasteiger partial charge in [-0.2, -0.15) is 11.3 Å². The molecule has 5 heteroatoms. The van der Waals surface area contributed by atoms with Gasteiger partial charge in [-0.05, 0) is 34.7 Å². The molecule has 0 radical (unpaired) electrons. The molecule has 2 rings (SSSR count). The van der Waals surface area contributed by atoms with Crippen molar-refractivity contribution in [3.63, 3.8) is 0 Å². The average molecular weight is 266 g/mol. The maximum absolute atomic E-state index is 11.9. The number of amides is 2. The molecule has 1 aromatic heterocycles. The maximum atomic E-state index is 11.9. The molecule has 18 heavy (non-hydrogen) atoms. The zero-order valence-electron chi connectivity index (χ0n) is 10.7. The van der Waals surface area contributed by atoms with E-state index in [-0.39, 0.29) is 30.3 Å². The van der Waals surface area contributed by atoms with E-state index in [2.05, 4.69) is 16.8 Å². The van der Waals surface area contributed by atoms with Gasteiger partial charge in [0.2, 0.25) is 11.8 Å². The summed E-state index contributed by atoms with van der Waals surface area (Å²) in [5.74, 6) is 0.121. The van der Waals surface area contributed by atoms with Crippen molar-refractivity contribution < 1.29 is 9.59 Å². The zero-order chi connectivity index (χ0) is 13.1. The van der Waals surface area contributed by atoms with Crippen LogP contribution in [-0.2, 0) is 16.0 Å². The van der Waals surface area contributed by atoms with Crippen LogP contribution in [0.5, 0.6) is 0 Å². The summed E-state index contributed by atoms with van der Waals surface area (Å²) >= 11 is 1.65. The van der Waals surface area contributed by atoms with Crippen LogP contribution >= 0.6 is 11.3 Å². The Bertz CT molecular complexity index is 428. The minimum absolute atomic E-state index is 0.0172. The number of nitrogens with zero attached hydrogens (tertiary/aromatic N) is 1. The average Bonchev–Trinajstić information content (AvgIpc) is 2.82. The first-order valence-corrected chi connectivity index (χ1v) is 7.12. The van der Waals surface area contributed by atoms with Crippen LogP contribution in [0, 0.1) is 5.92 Å². The Labute approximate surface area is 111 Å². The van der Waals surface area contributed by atoms with Gasteiger partial charge in [-0.25, -0.2) is 0 Å². The van der Waals surface area contributed by atoms with E-state index >= 15 is 0 Å². The third-order valence-electron chi connectivity index (χ3n) is 3.19. The van der Waals surface area contributed by atoms with E-state index in [4.69, 9.17) is 0 Å². The quantitative estimate of drug-likeness (QED) is 0.892. The summed E-state index contributed by atoms with van der Waals surface area (Å²) in [6.45, 7) is 4.69. The smallest absolute Gasteiger partial charge is 0.243 e. The number of rotatable bonds is 4. The van der Waals surface area contributed by atoms with Crippen molar-refractivity contribution in [3.8, 4) is 0 Å². The van der Waals surface area contributed by atoms with Gasteiger partial charge in [-0.15, -0.1) is 0 Å². The van der Waals surface area contributed by atoms with E-state index in [0.717, 1.165) is 6.42 Å². The molecule has 1 aliphatic heterocycles. The molecule has 1 N–H and O–H groups in total. The molecule has 4 nitrogen and oxygen atoms in total. The number of hydrogen-bond acceptors (Lipinski definition) is 3. The molecule has 0 aliphatic carbocycles. The maximum Gasteiger partial charge on any atom is 0.243 e. The summed E-state index contributed by atoms with van der Waals surface area (Å²) in [4.78, 5) is 25.5. The van der Waals surface area contributed by atoms with E-state index in [1.165, 1.54) is 5.56 Å². The molecule has 1 atom stereocenters. The molecule has 1 fully saturated rings. The fraction of sp³-hybridized carbons (Fsp3) is 0.538. The van der Waals surface area contributed by atoms with E-state index < -0.39 is 0 Å². The van der Waals surface area contributed by atoms with E-state index in [1.54, 1.807) is 16.2 Å². The summed E-state index contributed by atoms with van der Waals surface area (Å²) in [5, 5.41) is 6.77. The van der Waals surface area contributed by atoms with Crippen LogP contribution < -0.4 is 5.32 Å². The lowest BCUT2D eigenvalue weighted by atomic mass is 9.99. The van der Waals surface area contributed by atoms with Gasteiger partial charge in [0.25, 0.3) is 0 Å². The van der Waals surface area contributed by atoms with Crippen molar-refractivity contribution in [1.29, 1.82) is 0 Å². The van der Waals surface area contributed by atoms with Crippen LogP contribution in [0.4, 0.5) is 0 Å². The van der Waals surface area contributed by atoms with Crippen LogP contribution in [0.15, 0.2) is 16.8 Å². The standard InChI is InChI=1S/C13H18N2O2S/c1-9(2)12-13(17)14-7-11(16)15(12)5-3-10-4-6-18-8-10/h4,6,8-9,12H,3,5,7H2,1-2H3,(H,14,17). The molecule has 0 aromatic carbocycles. The number of carbonyl (C=O) groups is 2. The monoisotopic (exact) mass is 266 g/mol. The normalized spacial score (nSPS) is 20.4. The van der Waals surface area contributed by atoms with Crippen molar-refractivity contribution in [2.24, 2.45) is 5.92 Å². The lowest BCUT2D eigenvalue weighted by Gasteiger charge is -2.37. The van der Waals surface area contributed by atoms with Gasteiger partial charge < -0.3 is 10.2 Å². The first kappa shape index (κ1) is 13.1. The molecule has 2 amide bonds. The summed E-state index contributed by atoms with van der Waals surface area (Å²) in [6.07, 6.45) is 0.811. The van der Waals surface area contributed by atoms with Crippen molar-refractivity contribution in [2.75, 3.05) is 13.1 Å². The Morgan fingerprint density at radius 1 is 1.50 bits per heavy atom. The number of carbonyl (C=O) groups excluding carboxylic acids is 2. The van der Waals surface area contributed by atoms with Crippen molar-refractivity contribution >= 4 is 23.2 Å². The topological polar surface area (TPSA) is 49.4 Å². The Morgan fingerprint density at radius 2 is 2.28 bits per heavy atom. The van der Waals surface area contributed by atoms with Gasteiger partial charge in [0, 0.05) is 6.54 Å². The highest BCUT2D eigenvalue weighted by Gasteiger charge is 2.35. The third-order valence-corrected chi connectivity index (χ3v) is 3.92. The highest BCUT2D eigenvalue weighted by atomic mass is 32.1.